The first-order valence-corrected chi connectivity index (χ1v) is 13.9. The number of aryl methyl sites for hydroxylation is 3. The van der Waals surface area contributed by atoms with Crippen LogP contribution in [0.2, 0.25) is 0 Å². The van der Waals surface area contributed by atoms with Crippen LogP contribution in [0.5, 0.6) is 0 Å². The second kappa shape index (κ2) is 13.0. The number of nitrogens with one attached hydrogen (secondary N) is 1. The minimum atomic E-state index is -1.10. The molecule has 0 aromatic carbocycles. The number of carboxylic acid groups (broad SMARTS) is 1. The van der Waals surface area contributed by atoms with Gasteiger partial charge in [-0.05, 0) is 70.9 Å². The monoisotopic (exact) mass is 537 g/mol. The summed E-state index contributed by atoms with van der Waals surface area (Å²) in [5, 5.41) is 12.8. The van der Waals surface area contributed by atoms with Gasteiger partial charge in [0.2, 0.25) is 0 Å². The van der Waals surface area contributed by atoms with Crippen molar-refractivity contribution in [3.63, 3.8) is 0 Å². The van der Waals surface area contributed by atoms with E-state index in [0.717, 1.165) is 50.2 Å². The van der Waals surface area contributed by atoms with Gasteiger partial charge in [0, 0.05) is 48.9 Å². The van der Waals surface area contributed by atoms with Gasteiger partial charge in [0.15, 0.2) is 0 Å². The van der Waals surface area contributed by atoms with Crippen LogP contribution in [0, 0.1) is 19.8 Å². The average Bonchev–Trinajstić information content (AvgIpc) is 2.92. The largest absolute Gasteiger partial charge is 0.481 e. The normalized spacial score (nSPS) is 16.3. The SMILES string of the molecule is CC(=O)CCOC(=O)CC(CNc1nc(C)nc(N2CCC(c3ccc4c(n3)CCCC4)CC2)c1C)C(=O)O. The van der Waals surface area contributed by atoms with Gasteiger partial charge in [-0.3, -0.25) is 19.4 Å². The molecule has 0 spiro atoms. The fraction of sp³-hybridized carbons (Fsp3) is 0.586. The molecule has 0 radical (unpaired) electrons. The molecular formula is C29H39N5O5. The lowest BCUT2D eigenvalue weighted by molar-refractivity contribution is -0.151. The van der Waals surface area contributed by atoms with E-state index in [4.69, 9.17) is 14.7 Å². The maximum atomic E-state index is 12.1. The molecule has 1 atom stereocenters. The van der Waals surface area contributed by atoms with Crippen molar-refractivity contribution in [2.45, 2.75) is 78.1 Å². The van der Waals surface area contributed by atoms with Crippen molar-refractivity contribution in [3.8, 4) is 0 Å². The van der Waals surface area contributed by atoms with Crippen molar-refractivity contribution >= 4 is 29.4 Å². The second-order valence-corrected chi connectivity index (χ2v) is 10.7. The highest BCUT2D eigenvalue weighted by molar-refractivity contribution is 5.80. The first-order valence-electron chi connectivity index (χ1n) is 13.9. The van der Waals surface area contributed by atoms with Crippen LogP contribution in [0.4, 0.5) is 11.6 Å². The molecule has 1 aliphatic heterocycles. The van der Waals surface area contributed by atoms with Crippen LogP contribution in [0.15, 0.2) is 12.1 Å². The molecule has 0 saturated carbocycles. The molecule has 0 amide bonds. The van der Waals surface area contributed by atoms with Gasteiger partial charge < -0.3 is 20.1 Å². The molecular weight excluding hydrogens is 498 g/mol. The van der Waals surface area contributed by atoms with Gasteiger partial charge in [0.05, 0.1) is 18.9 Å². The van der Waals surface area contributed by atoms with Crippen molar-refractivity contribution in [1.82, 2.24) is 15.0 Å². The van der Waals surface area contributed by atoms with Crippen molar-refractivity contribution < 1.29 is 24.2 Å². The number of esters is 1. The number of anilines is 2. The third-order valence-electron chi connectivity index (χ3n) is 7.64. The zero-order valence-corrected chi connectivity index (χ0v) is 23.2. The van der Waals surface area contributed by atoms with Crippen molar-refractivity contribution in [3.05, 3.63) is 40.5 Å². The number of fused-ring (bicyclic) bond motifs is 1. The molecule has 1 saturated heterocycles. The zero-order valence-electron chi connectivity index (χ0n) is 23.2. The van der Waals surface area contributed by atoms with Gasteiger partial charge in [0.1, 0.15) is 23.2 Å². The van der Waals surface area contributed by atoms with E-state index in [1.807, 2.05) is 13.8 Å². The Morgan fingerprint density at radius 2 is 1.85 bits per heavy atom. The molecule has 10 nitrogen and oxygen atoms in total. The molecule has 10 heteroatoms. The van der Waals surface area contributed by atoms with Crippen molar-refractivity contribution in [2.24, 2.45) is 5.92 Å². The van der Waals surface area contributed by atoms with E-state index in [1.54, 1.807) is 0 Å². The van der Waals surface area contributed by atoms with E-state index in [0.29, 0.717) is 17.6 Å². The smallest absolute Gasteiger partial charge is 0.308 e. The summed E-state index contributed by atoms with van der Waals surface area (Å²) in [7, 11) is 0. The lowest BCUT2D eigenvalue weighted by Gasteiger charge is -2.34. The molecule has 2 aromatic heterocycles. The van der Waals surface area contributed by atoms with E-state index < -0.39 is 17.9 Å². The number of ketones is 1. The number of hydrogen-bond acceptors (Lipinski definition) is 9. The Morgan fingerprint density at radius 3 is 2.56 bits per heavy atom. The first-order chi connectivity index (χ1) is 18.7. The maximum absolute atomic E-state index is 12.1. The van der Waals surface area contributed by atoms with Crippen LogP contribution in [-0.4, -0.2) is 64.0 Å². The summed E-state index contributed by atoms with van der Waals surface area (Å²) in [5.74, 6) is -0.403. The molecule has 1 unspecified atom stereocenters. The fourth-order valence-corrected chi connectivity index (χ4v) is 5.34. The van der Waals surface area contributed by atoms with Gasteiger partial charge >= 0.3 is 11.9 Å². The van der Waals surface area contributed by atoms with Gasteiger partial charge in [-0.15, -0.1) is 0 Å². The van der Waals surface area contributed by atoms with E-state index in [9.17, 15) is 19.5 Å². The third kappa shape index (κ3) is 7.52. The Bertz CT molecular complexity index is 1210. The number of carbonyl (C=O) groups is 3. The van der Waals surface area contributed by atoms with Crippen LogP contribution in [0.25, 0.3) is 0 Å². The van der Waals surface area contributed by atoms with Gasteiger partial charge in [-0.2, -0.15) is 0 Å². The molecule has 210 valence electrons. The summed E-state index contributed by atoms with van der Waals surface area (Å²) in [5.41, 5.74) is 4.74. The molecule has 1 aliphatic carbocycles. The van der Waals surface area contributed by atoms with Crippen LogP contribution in [-0.2, 0) is 32.0 Å². The number of pyridine rings is 1. The van der Waals surface area contributed by atoms with Crippen molar-refractivity contribution in [2.75, 3.05) is 36.5 Å². The predicted molar refractivity (Wildman–Crippen MR) is 147 cm³/mol. The van der Waals surface area contributed by atoms with Gasteiger partial charge in [-0.25, -0.2) is 9.97 Å². The molecule has 1 fully saturated rings. The van der Waals surface area contributed by atoms with E-state index >= 15 is 0 Å². The van der Waals surface area contributed by atoms with Crippen LogP contribution >= 0.6 is 0 Å². The molecule has 0 bridgehead atoms. The summed E-state index contributed by atoms with van der Waals surface area (Å²) in [6, 6.07) is 4.49. The van der Waals surface area contributed by atoms with Crippen molar-refractivity contribution in [1.29, 1.82) is 0 Å². The Balaban J connectivity index is 1.37. The summed E-state index contributed by atoms with van der Waals surface area (Å²) < 4.78 is 5.01. The number of aliphatic carboxylic acids is 1. The highest BCUT2D eigenvalue weighted by Gasteiger charge is 2.27. The van der Waals surface area contributed by atoms with Gasteiger partial charge in [0.25, 0.3) is 0 Å². The molecule has 39 heavy (non-hydrogen) atoms. The summed E-state index contributed by atoms with van der Waals surface area (Å²) in [6.07, 6.45) is 6.51. The first kappa shape index (κ1) is 28.4. The van der Waals surface area contributed by atoms with Crippen LogP contribution < -0.4 is 10.2 Å². The van der Waals surface area contributed by atoms with E-state index in [-0.39, 0.29) is 31.8 Å². The van der Waals surface area contributed by atoms with E-state index in [2.05, 4.69) is 27.3 Å². The fourth-order valence-electron chi connectivity index (χ4n) is 5.34. The Hall–Kier alpha value is -3.56. The van der Waals surface area contributed by atoms with Crippen LogP contribution in [0.1, 0.15) is 79.7 Å². The number of rotatable bonds is 11. The topological polar surface area (TPSA) is 135 Å². The predicted octanol–water partition coefficient (Wildman–Crippen LogP) is 3.78. The quantitative estimate of drug-likeness (QED) is 0.408. The Labute approximate surface area is 229 Å². The summed E-state index contributed by atoms with van der Waals surface area (Å²) in [6.45, 7) is 6.83. The number of aromatic nitrogens is 3. The average molecular weight is 538 g/mol. The lowest BCUT2D eigenvalue weighted by Crippen LogP contribution is -2.35. The number of carbonyl (C=O) groups excluding carboxylic acids is 2. The van der Waals surface area contributed by atoms with Gasteiger partial charge in [-0.1, -0.05) is 6.07 Å². The Morgan fingerprint density at radius 1 is 1.10 bits per heavy atom. The highest BCUT2D eigenvalue weighted by atomic mass is 16.5. The lowest BCUT2D eigenvalue weighted by atomic mass is 9.90. The molecule has 2 N–H and O–H groups in total. The number of piperidine rings is 1. The highest BCUT2D eigenvalue weighted by Crippen LogP contribution is 2.33. The number of nitrogens with zero attached hydrogens (tertiary/aromatic N) is 4. The maximum Gasteiger partial charge on any atom is 0.308 e. The minimum absolute atomic E-state index is 0.0138. The summed E-state index contributed by atoms with van der Waals surface area (Å²) >= 11 is 0. The minimum Gasteiger partial charge on any atom is -0.481 e. The molecule has 3 heterocycles. The number of hydrogen-bond donors (Lipinski definition) is 2. The molecule has 2 aromatic rings. The molecule has 2 aliphatic rings. The van der Waals surface area contributed by atoms with Crippen LogP contribution in [0.3, 0.4) is 0 Å². The summed E-state index contributed by atoms with van der Waals surface area (Å²) in [4.78, 5) is 51.4. The number of Topliss-reactive ketones (excluding diaryl/α,β-unsaturated/α-hetero) is 1. The zero-order chi connectivity index (χ0) is 27.9. The number of carboxylic acids is 1. The Kier molecular flexibility index (Phi) is 9.48. The third-order valence-corrected chi connectivity index (χ3v) is 7.64. The standard InChI is InChI=1S/C29H39N5O5/c1-18(35)12-15-39-26(36)16-23(29(37)38)17-30-27-19(2)28(32-20(3)31-27)34-13-10-22(11-14-34)25-9-8-21-6-4-5-7-24(21)33-25/h8-9,22-23H,4-7,10-17H2,1-3H3,(H,37,38)(H,30,31,32). The number of ether oxygens (including phenoxy) is 1. The molecule has 4 rings (SSSR count). The van der Waals surface area contributed by atoms with E-state index in [1.165, 1.54) is 36.7 Å². The second-order valence-electron chi connectivity index (χ2n) is 10.7.